The molecule has 0 fully saturated rings. The SMILES string of the molecule is COc1cc(C(N)c2cccc(F)c2)ccc1Cl. The zero-order valence-corrected chi connectivity index (χ0v) is 10.6. The molecule has 0 radical (unpaired) electrons. The second kappa shape index (κ2) is 5.38. The van der Waals surface area contributed by atoms with Crippen molar-refractivity contribution >= 4 is 11.6 Å². The molecule has 0 saturated carbocycles. The van der Waals surface area contributed by atoms with Gasteiger partial charge in [0.2, 0.25) is 0 Å². The van der Waals surface area contributed by atoms with E-state index in [9.17, 15) is 4.39 Å². The van der Waals surface area contributed by atoms with Crippen LogP contribution in [-0.2, 0) is 0 Å². The molecule has 0 aliphatic rings. The van der Waals surface area contributed by atoms with Crippen molar-refractivity contribution in [3.8, 4) is 5.75 Å². The van der Waals surface area contributed by atoms with Gasteiger partial charge >= 0.3 is 0 Å². The van der Waals surface area contributed by atoms with Gasteiger partial charge in [-0.05, 0) is 35.4 Å². The molecule has 0 bridgehead atoms. The van der Waals surface area contributed by atoms with Gasteiger partial charge in [-0.1, -0.05) is 29.8 Å². The molecule has 0 saturated heterocycles. The monoisotopic (exact) mass is 265 g/mol. The molecular formula is C14H13ClFNO. The lowest BCUT2D eigenvalue weighted by atomic mass is 9.99. The lowest BCUT2D eigenvalue weighted by Gasteiger charge is -2.14. The van der Waals surface area contributed by atoms with Gasteiger partial charge in [0.1, 0.15) is 11.6 Å². The van der Waals surface area contributed by atoms with E-state index in [2.05, 4.69) is 0 Å². The minimum absolute atomic E-state index is 0.302. The third-order valence-electron chi connectivity index (χ3n) is 2.74. The Labute approximate surface area is 110 Å². The Morgan fingerprint density at radius 1 is 1.17 bits per heavy atom. The summed E-state index contributed by atoms with van der Waals surface area (Å²) in [5.41, 5.74) is 7.62. The molecule has 0 amide bonds. The first-order valence-corrected chi connectivity index (χ1v) is 5.84. The van der Waals surface area contributed by atoms with Crippen molar-refractivity contribution in [2.24, 2.45) is 5.73 Å². The van der Waals surface area contributed by atoms with Crippen LogP contribution in [0.1, 0.15) is 17.2 Å². The maximum absolute atomic E-state index is 13.2. The predicted octanol–water partition coefficient (Wildman–Crippen LogP) is 3.54. The Balaban J connectivity index is 2.36. The highest BCUT2D eigenvalue weighted by Gasteiger charge is 2.12. The molecule has 2 N–H and O–H groups in total. The van der Waals surface area contributed by atoms with E-state index >= 15 is 0 Å². The van der Waals surface area contributed by atoms with E-state index in [1.165, 1.54) is 12.1 Å². The zero-order valence-electron chi connectivity index (χ0n) is 9.86. The van der Waals surface area contributed by atoms with E-state index in [1.807, 2.05) is 0 Å². The molecule has 0 heterocycles. The van der Waals surface area contributed by atoms with Gasteiger partial charge in [-0.3, -0.25) is 0 Å². The summed E-state index contributed by atoms with van der Waals surface area (Å²) < 4.78 is 18.3. The van der Waals surface area contributed by atoms with Gasteiger partial charge in [0, 0.05) is 0 Å². The second-order valence-electron chi connectivity index (χ2n) is 3.93. The average molecular weight is 266 g/mol. The number of methoxy groups -OCH3 is 1. The molecule has 94 valence electrons. The maximum atomic E-state index is 13.2. The molecule has 2 aromatic carbocycles. The van der Waals surface area contributed by atoms with Crippen LogP contribution in [0.4, 0.5) is 4.39 Å². The first-order chi connectivity index (χ1) is 8.61. The van der Waals surface area contributed by atoms with Crippen molar-refractivity contribution in [1.82, 2.24) is 0 Å². The van der Waals surface area contributed by atoms with Crippen LogP contribution in [0.15, 0.2) is 42.5 Å². The van der Waals surface area contributed by atoms with E-state index in [0.717, 1.165) is 5.56 Å². The molecule has 0 aliphatic carbocycles. The van der Waals surface area contributed by atoms with E-state index in [0.29, 0.717) is 16.3 Å². The van der Waals surface area contributed by atoms with E-state index in [4.69, 9.17) is 22.1 Å². The molecule has 18 heavy (non-hydrogen) atoms. The average Bonchev–Trinajstić information content (AvgIpc) is 2.38. The van der Waals surface area contributed by atoms with E-state index in [-0.39, 0.29) is 5.82 Å². The van der Waals surface area contributed by atoms with Crippen LogP contribution in [0.2, 0.25) is 5.02 Å². The van der Waals surface area contributed by atoms with Crippen LogP contribution >= 0.6 is 11.6 Å². The largest absolute Gasteiger partial charge is 0.495 e. The second-order valence-corrected chi connectivity index (χ2v) is 4.33. The maximum Gasteiger partial charge on any atom is 0.137 e. The van der Waals surface area contributed by atoms with Crippen molar-refractivity contribution in [1.29, 1.82) is 0 Å². The van der Waals surface area contributed by atoms with Gasteiger partial charge in [-0.25, -0.2) is 4.39 Å². The summed E-state index contributed by atoms with van der Waals surface area (Å²) in [4.78, 5) is 0. The molecular weight excluding hydrogens is 253 g/mol. The minimum Gasteiger partial charge on any atom is -0.495 e. The van der Waals surface area contributed by atoms with Crippen LogP contribution in [0, 0.1) is 5.82 Å². The summed E-state index contributed by atoms with van der Waals surface area (Å²) in [5.74, 6) is 0.255. The molecule has 1 unspecified atom stereocenters. The molecule has 2 aromatic rings. The molecule has 0 aliphatic heterocycles. The fourth-order valence-electron chi connectivity index (χ4n) is 1.76. The highest BCUT2D eigenvalue weighted by Crippen LogP contribution is 2.29. The van der Waals surface area contributed by atoms with Crippen molar-refractivity contribution in [3.63, 3.8) is 0 Å². The van der Waals surface area contributed by atoms with E-state index < -0.39 is 6.04 Å². The Morgan fingerprint density at radius 3 is 2.56 bits per heavy atom. The Hall–Kier alpha value is -1.58. The van der Waals surface area contributed by atoms with Crippen LogP contribution in [0.3, 0.4) is 0 Å². The number of rotatable bonds is 3. The summed E-state index contributed by atoms with van der Waals surface area (Å²) >= 11 is 5.95. The van der Waals surface area contributed by atoms with Gasteiger partial charge < -0.3 is 10.5 Å². The molecule has 4 heteroatoms. The van der Waals surface area contributed by atoms with Crippen molar-refractivity contribution in [2.75, 3.05) is 7.11 Å². The number of benzene rings is 2. The van der Waals surface area contributed by atoms with Gasteiger partial charge in [-0.2, -0.15) is 0 Å². The lowest BCUT2D eigenvalue weighted by Crippen LogP contribution is -2.12. The molecule has 0 aromatic heterocycles. The van der Waals surface area contributed by atoms with Crippen molar-refractivity contribution in [2.45, 2.75) is 6.04 Å². The van der Waals surface area contributed by atoms with Crippen LogP contribution < -0.4 is 10.5 Å². The Bertz CT molecular complexity index is 559. The molecule has 2 nitrogen and oxygen atoms in total. The third-order valence-corrected chi connectivity index (χ3v) is 3.05. The van der Waals surface area contributed by atoms with E-state index in [1.54, 1.807) is 37.4 Å². The topological polar surface area (TPSA) is 35.2 Å². The summed E-state index contributed by atoms with van der Waals surface area (Å²) in [7, 11) is 1.54. The van der Waals surface area contributed by atoms with Gasteiger partial charge in [0.15, 0.2) is 0 Å². The summed E-state index contributed by atoms with van der Waals surface area (Å²) in [5, 5.41) is 0.521. The summed E-state index contributed by atoms with van der Waals surface area (Å²) in [6.45, 7) is 0. The first kappa shape index (κ1) is 12.9. The smallest absolute Gasteiger partial charge is 0.137 e. The first-order valence-electron chi connectivity index (χ1n) is 5.46. The van der Waals surface area contributed by atoms with Gasteiger partial charge in [0.05, 0.1) is 18.2 Å². The van der Waals surface area contributed by atoms with Crippen LogP contribution in [0.25, 0.3) is 0 Å². The lowest BCUT2D eigenvalue weighted by molar-refractivity contribution is 0.414. The number of nitrogens with two attached hydrogens (primary N) is 1. The third kappa shape index (κ3) is 2.63. The molecule has 0 spiro atoms. The normalized spacial score (nSPS) is 12.2. The Kier molecular flexibility index (Phi) is 3.84. The van der Waals surface area contributed by atoms with Gasteiger partial charge in [0.25, 0.3) is 0 Å². The summed E-state index contributed by atoms with van der Waals surface area (Å²) in [6, 6.07) is 11.1. The fraction of sp³-hybridized carbons (Fsp3) is 0.143. The minimum atomic E-state index is -0.410. The number of hydrogen-bond donors (Lipinski definition) is 1. The standard InChI is InChI=1S/C14H13ClFNO/c1-18-13-8-10(5-6-12(13)15)14(17)9-3-2-4-11(16)7-9/h2-8,14H,17H2,1H3. The quantitative estimate of drug-likeness (QED) is 0.921. The van der Waals surface area contributed by atoms with Crippen LogP contribution in [0.5, 0.6) is 5.75 Å². The highest BCUT2D eigenvalue weighted by atomic mass is 35.5. The number of hydrogen-bond acceptors (Lipinski definition) is 2. The zero-order chi connectivity index (χ0) is 13.1. The summed E-state index contributed by atoms with van der Waals surface area (Å²) in [6.07, 6.45) is 0. The molecule has 2 rings (SSSR count). The Morgan fingerprint density at radius 2 is 1.89 bits per heavy atom. The van der Waals surface area contributed by atoms with Crippen molar-refractivity contribution in [3.05, 3.63) is 64.4 Å². The van der Waals surface area contributed by atoms with Crippen LogP contribution in [-0.4, -0.2) is 7.11 Å². The number of ether oxygens (including phenoxy) is 1. The fourth-order valence-corrected chi connectivity index (χ4v) is 1.96. The van der Waals surface area contributed by atoms with Gasteiger partial charge in [-0.15, -0.1) is 0 Å². The number of halogens is 2. The van der Waals surface area contributed by atoms with Crippen molar-refractivity contribution < 1.29 is 9.13 Å². The highest BCUT2D eigenvalue weighted by molar-refractivity contribution is 6.32. The molecule has 1 atom stereocenters. The predicted molar refractivity (Wildman–Crippen MR) is 70.4 cm³/mol.